The molecule has 13 heavy (non-hydrogen) atoms. The zero-order chi connectivity index (χ0) is 9.42. The van der Waals surface area contributed by atoms with E-state index in [9.17, 15) is 0 Å². The summed E-state index contributed by atoms with van der Waals surface area (Å²) < 4.78 is 2.53. The maximum Gasteiger partial charge on any atom is 0.0544 e. The van der Waals surface area contributed by atoms with Crippen LogP contribution in [-0.4, -0.2) is 0 Å². The van der Waals surface area contributed by atoms with Gasteiger partial charge in [-0.05, 0) is 34.7 Å². The number of nitrogens with two attached hydrogens (primary N) is 1. The number of hydrogen-bond donors (Lipinski definition) is 1. The quantitative estimate of drug-likeness (QED) is 0.598. The smallest absolute Gasteiger partial charge is 0.0544 e. The third-order valence-electron chi connectivity index (χ3n) is 1.89. The van der Waals surface area contributed by atoms with Crippen LogP contribution in [0.25, 0.3) is 10.1 Å². The van der Waals surface area contributed by atoms with Crippen LogP contribution < -0.4 is 5.73 Å². The first-order valence-corrected chi connectivity index (χ1v) is 6.76. The first kappa shape index (κ1) is 9.73. The fraction of sp³-hybridized carbons (Fsp3) is 0.111. The van der Waals surface area contributed by atoms with Crippen molar-refractivity contribution in [3.05, 3.63) is 26.6 Å². The summed E-state index contributed by atoms with van der Waals surface area (Å²) in [5, 5.41) is 2.02. The van der Waals surface area contributed by atoms with E-state index in [4.69, 9.17) is 5.73 Å². The molecule has 0 fully saturated rings. The van der Waals surface area contributed by atoms with Crippen molar-refractivity contribution in [3.63, 3.8) is 0 Å². The first-order valence-electron chi connectivity index (χ1n) is 3.74. The van der Waals surface area contributed by atoms with Crippen LogP contribution in [0.1, 0.15) is 4.88 Å². The summed E-state index contributed by atoms with van der Waals surface area (Å²) in [4.78, 5) is 1.22. The van der Waals surface area contributed by atoms with E-state index in [1.807, 2.05) is 0 Å². The highest BCUT2D eigenvalue weighted by atomic mass is 127. The minimum Gasteiger partial charge on any atom is -0.397 e. The molecule has 0 atom stereocenters. The maximum absolute atomic E-state index is 5.98. The van der Waals surface area contributed by atoms with Gasteiger partial charge >= 0.3 is 0 Å². The van der Waals surface area contributed by atoms with Crippen LogP contribution >= 0.6 is 49.9 Å². The molecule has 0 aliphatic heterocycles. The predicted octanol–water partition coefficient (Wildman–Crippen LogP) is 3.98. The molecule has 2 N–H and O–H groups in total. The second-order valence-electron chi connectivity index (χ2n) is 2.71. The molecule has 4 heteroatoms. The molecule has 0 amide bonds. The zero-order valence-electron chi connectivity index (χ0n) is 6.68. The van der Waals surface area contributed by atoms with Gasteiger partial charge in [0.05, 0.1) is 5.69 Å². The Kier molecular flexibility index (Phi) is 2.80. The molecule has 68 valence electrons. The summed E-state index contributed by atoms with van der Waals surface area (Å²) in [5.41, 5.74) is 6.90. The molecule has 0 bridgehead atoms. The third-order valence-corrected chi connectivity index (χ3v) is 4.66. The third kappa shape index (κ3) is 1.71. The van der Waals surface area contributed by atoms with E-state index in [0.717, 1.165) is 11.0 Å². The van der Waals surface area contributed by atoms with Crippen molar-refractivity contribution in [1.29, 1.82) is 0 Å². The number of thiophene rings is 1. The maximum atomic E-state index is 5.98. The average molecular weight is 368 g/mol. The second kappa shape index (κ2) is 3.74. The Morgan fingerprint density at radius 1 is 1.46 bits per heavy atom. The van der Waals surface area contributed by atoms with Crippen molar-refractivity contribution in [2.75, 3.05) is 5.73 Å². The highest BCUT2D eigenvalue weighted by Gasteiger charge is 2.07. The largest absolute Gasteiger partial charge is 0.397 e. The van der Waals surface area contributed by atoms with E-state index >= 15 is 0 Å². The number of rotatable bonds is 1. The summed E-state index contributed by atoms with van der Waals surface area (Å²) in [7, 11) is 0. The minimum atomic E-state index is 0.842. The van der Waals surface area contributed by atoms with E-state index < -0.39 is 0 Å². The van der Waals surface area contributed by atoms with Gasteiger partial charge in [-0.3, -0.25) is 0 Å². The number of benzene rings is 1. The molecule has 2 rings (SSSR count). The molecule has 2 aromatic rings. The van der Waals surface area contributed by atoms with Gasteiger partial charge in [-0.25, -0.2) is 0 Å². The van der Waals surface area contributed by atoms with Gasteiger partial charge in [-0.15, -0.1) is 11.3 Å². The van der Waals surface area contributed by atoms with Crippen molar-refractivity contribution in [3.8, 4) is 0 Å². The zero-order valence-corrected chi connectivity index (χ0v) is 11.2. The highest BCUT2D eigenvalue weighted by Crippen LogP contribution is 2.35. The van der Waals surface area contributed by atoms with Gasteiger partial charge in [0, 0.05) is 23.9 Å². The summed E-state index contributed by atoms with van der Waals surface area (Å²) in [6, 6.07) is 6.35. The molecule has 1 heterocycles. The van der Waals surface area contributed by atoms with Gasteiger partial charge in [-0.2, -0.15) is 0 Å². The van der Waals surface area contributed by atoms with Crippen molar-refractivity contribution in [2.24, 2.45) is 0 Å². The normalized spacial score (nSPS) is 10.9. The molecule has 0 aliphatic rings. The summed E-state index contributed by atoms with van der Waals surface area (Å²) >= 11 is 7.51. The van der Waals surface area contributed by atoms with Gasteiger partial charge in [0.2, 0.25) is 0 Å². The summed E-state index contributed by atoms with van der Waals surface area (Å²) in [6.45, 7) is 0. The lowest BCUT2D eigenvalue weighted by molar-refractivity contribution is 1.59. The van der Waals surface area contributed by atoms with E-state index in [-0.39, 0.29) is 0 Å². The predicted molar refractivity (Wildman–Crippen MR) is 71.6 cm³/mol. The fourth-order valence-corrected chi connectivity index (χ4v) is 3.60. The summed E-state index contributed by atoms with van der Waals surface area (Å²) in [5.74, 6) is 0. The van der Waals surface area contributed by atoms with Crippen LogP contribution in [0, 0.1) is 3.57 Å². The molecule has 1 aromatic carbocycles. The Bertz CT molecular complexity index is 452. The molecule has 0 saturated heterocycles. The lowest BCUT2D eigenvalue weighted by Gasteiger charge is -1.92. The monoisotopic (exact) mass is 367 g/mol. The Balaban J connectivity index is 2.76. The number of nitrogen functional groups attached to an aromatic ring is 1. The lowest BCUT2D eigenvalue weighted by atomic mass is 10.2. The standard InChI is InChI=1S/C9H7BrINS/c10-4-8-9(12)6-2-1-5(11)3-7(6)13-8/h1-3H,4,12H2. The number of anilines is 1. The molecule has 1 nitrogen and oxygen atoms in total. The molecular formula is C9H7BrINS. The van der Waals surface area contributed by atoms with E-state index in [1.54, 1.807) is 11.3 Å². The van der Waals surface area contributed by atoms with Gasteiger partial charge < -0.3 is 5.73 Å². The van der Waals surface area contributed by atoms with E-state index in [1.165, 1.54) is 18.5 Å². The van der Waals surface area contributed by atoms with Gasteiger partial charge in [0.1, 0.15) is 0 Å². The molecule has 0 unspecified atom stereocenters. The van der Waals surface area contributed by atoms with Gasteiger partial charge in [0.15, 0.2) is 0 Å². The SMILES string of the molecule is Nc1c(CBr)sc2cc(I)ccc12. The molecule has 0 spiro atoms. The van der Waals surface area contributed by atoms with Gasteiger partial charge in [0.25, 0.3) is 0 Å². The number of hydrogen-bond acceptors (Lipinski definition) is 2. The summed E-state index contributed by atoms with van der Waals surface area (Å²) in [6.07, 6.45) is 0. The van der Waals surface area contributed by atoms with E-state index in [0.29, 0.717) is 0 Å². The lowest BCUT2D eigenvalue weighted by Crippen LogP contribution is -1.85. The Hall–Kier alpha value is 0.190. The average Bonchev–Trinajstić information content (AvgIpc) is 2.42. The van der Waals surface area contributed by atoms with Crippen LogP contribution in [0.5, 0.6) is 0 Å². The van der Waals surface area contributed by atoms with Crippen molar-refractivity contribution in [2.45, 2.75) is 5.33 Å². The number of fused-ring (bicyclic) bond motifs is 1. The first-order chi connectivity index (χ1) is 6.22. The molecular weight excluding hydrogens is 361 g/mol. The van der Waals surface area contributed by atoms with Crippen LogP contribution in [0.15, 0.2) is 18.2 Å². The number of halogens is 2. The van der Waals surface area contributed by atoms with Crippen molar-refractivity contribution >= 4 is 65.6 Å². The Labute approximate surface area is 103 Å². The van der Waals surface area contributed by atoms with E-state index in [2.05, 4.69) is 56.7 Å². The van der Waals surface area contributed by atoms with Crippen LogP contribution in [0.3, 0.4) is 0 Å². The molecule has 0 aliphatic carbocycles. The van der Waals surface area contributed by atoms with Crippen molar-refractivity contribution < 1.29 is 0 Å². The van der Waals surface area contributed by atoms with Gasteiger partial charge in [-0.1, -0.05) is 22.0 Å². The highest BCUT2D eigenvalue weighted by molar-refractivity contribution is 14.1. The topological polar surface area (TPSA) is 26.0 Å². The number of alkyl halides is 1. The van der Waals surface area contributed by atoms with Crippen LogP contribution in [-0.2, 0) is 5.33 Å². The Morgan fingerprint density at radius 3 is 2.92 bits per heavy atom. The molecule has 1 aromatic heterocycles. The molecule has 0 saturated carbocycles. The van der Waals surface area contributed by atoms with Crippen LogP contribution in [0.4, 0.5) is 5.69 Å². The second-order valence-corrected chi connectivity index (χ2v) is 5.66. The Morgan fingerprint density at radius 2 is 2.23 bits per heavy atom. The molecule has 0 radical (unpaired) electrons. The van der Waals surface area contributed by atoms with Crippen molar-refractivity contribution in [1.82, 2.24) is 0 Å². The van der Waals surface area contributed by atoms with Crippen LogP contribution in [0.2, 0.25) is 0 Å². The fourth-order valence-electron chi connectivity index (χ4n) is 1.24. The minimum absolute atomic E-state index is 0.842.